The second kappa shape index (κ2) is 6.63. The van der Waals surface area contributed by atoms with Gasteiger partial charge in [-0.2, -0.15) is 5.10 Å². The lowest BCUT2D eigenvalue weighted by Crippen LogP contribution is -2.11. The molecule has 0 spiro atoms. The number of nitrogens with zero attached hydrogens (tertiary/aromatic N) is 3. The van der Waals surface area contributed by atoms with Gasteiger partial charge in [0.25, 0.3) is 5.91 Å². The highest BCUT2D eigenvalue weighted by Gasteiger charge is 2.11. The lowest BCUT2D eigenvalue weighted by molar-refractivity contribution is 0.101. The number of hydrogen-bond acceptors (Lipinski definition) is 6. The predicted octanol–water partition coefficient (Wildman–Crippen LogP) is 3.08. The summed E-state index contributed by atoms with van der Waals surface area (Å²) in [5, 5.41) is 10.4. The van der Waals surface area contributed by atoms with Gasteiger partial charge in [-0.1, -0.05) is 17.4 Å². The van der Waals surface area contributed by atoms with Crippen LogP contribution in [-0.2, 0) is 7.05 Å². The Labute approximate surface area is 142 Å². The number of ketones is 1. The summed E-state index contributed by atoms with van der Waals surface area (Å²) in [5.74, 6) is -0.357. The Morgan fingerprint density at radius 2 is 2.04 bits per heavy atom. The lowest BCUT2D eigenvalue weighted by Gasteiger charge is -2.06. The molecule has 3 aromatic rings. The third kappa shape index (κ3) is 3.66. The van der Waals surface area contributed by atoms with Crippen molar-refractivity contribution in [2.75, 3.05) is 10.6 Å². The smallest absolute Gasteiger partial charge is 0.257 e. The van der Waals surface area contributed by atoms with Crippen LogP contribution in [0.3, 0.4) is 0 Å². The van der Waals surface area contributed by atoms with Crippen molar-refractivity contribution in [1.82, 2.24) is 14.8 Å². The van der Waals surface area contributed by atoms with Crippen LogP contribution in [0.5, 0.6) is 0 Å². The van der Waals surface area contributed by atoms with Crippen molar-refractivity contribution in [2.24, 2.45) is 7.05 Å². The number of aromatic nitrogens is 3. The highest BCUT2D eigenvalue weighted by Crippen LogP contribution is 2.21. The molecule has 0 bridgehead atoms. The van der Waals surface area contributed by atoms with E-state index in [2.05, 4.69) is 20.7 Å². The molecular formula is C16H15N5O2S. The number of carbonyl (C=O) groups excluding carboxylic acids is 2. The van der Waals surface area contributed by atoms with E-state index in [9.17, 15) is 9.59 Å². The van der Waals surface area contributed by atoms with Gasteiger partial charge in [-0.05, 0) is 18.2 Å². The maximum absolute atomic E-state index is 12.3. The molecule has 0 aliphatic carbocycles. The van der Waals surface area contributed by atoms with Crippen molar-refractivity contribution in [1.29, 1.82) is 0 Å². The number of carbonyl (C=O) groups is 2. The van der Waals surface area contributed by atoms with Crippen molar-refractivity contribution in [2.45, 2.75) is 6.92 Å². The minimum absolute atomic E-state index is 0.0735. The minimum atomic E-state index is -0.283. The van der Waals surface area contributed by atoms with Gasteiger partial charge in [0.2, 0.25) is 0 Å². The quantitative estimate of drug-likeness (QED) is 0.696. The molecule has 1 aromatic carbocycles. The van der Waals surface area contributed by atoms with Crippen molar-refractivity contribution >= 4 is 39.5 Å². The van der Waals surface area contributed by atoms with Crippen LogP contribution in [0.25, 0.3) is 0 Å². The Hall–Kier alpha value is -3.00. The zero-order valence-corrected chi connectivity index (χ0v) is 13.9. The number of anilines is 3. The highest BCUT2D eigenvalue weighted by atomic mass is 32.1. The van der Waals surface area contributed by atoms with Crippen molar-refractivity contribution in [3.63, 3.8) is 0 Å². The normalized spacial score (nSPS) is 10.4. The Morgan fingerprint density at radius 3 is 2.71 bits per heavy atom. The third-order valence-electron chi connectivity index (χ3n) is 3.19. The largest absolute Gasteiger partial charge is 0.353 e. The van der Waals surface area contributed by atoms with E-state index in [-0.39, 0.29) is 11.7 Å². The van der Waals surface area contributed by atoms with Gasteiger partial charge in [0, 0.05) is 31.4 Å². The van der Waals surface area contributed by atoms with E-state index in [0.717, 1.165) is 22.7 Å². The molecule has 7 nitrogen and oxygen atoms in total. The number of thiazole rings is 1. The summed E-state index contributed by atoms with van der Waals surface area (Å²) in [7, 11) is 1.83. The first kappa shape index (κ1) is 15.9. The monoisotopic (exact) mass is 341 g/mol. The van der Waals surface area contributed by atoms with Gasteiger partial charge < -0.3 is 5.32 Å². The Balaban J connectivity index is 1.72. The number of aryl methyl sites for hydroxylation is 1. The summed E-state index contributed by atoms with van der Waals surface area (Å²) in [6.45, 7) is 1.46. The minimum Gasteiger partial charge on any atom is -0.353 e. The molecule has 3 rings (SSSR count). The first-order chi connectivity index (χ1) is 11.5. The van der Waals surface area contributed by atoms with Crippen LogP contribution in [0, 0.1) is 0 Å². The molecule has 0 saturated heterocycles. The molecule has 0 fully saturated rings. The fourth-order valence-electron chi connectivity index (χ4n) is 2.05. The molecule has 0 aliphatic rings. The van der Waals surface area contributed by atoms with Gasteiger partial charge in [-0.15, -0.1) is 0 Å². The number of amides is 1. The van der Waals surface area contributed by atoms with Gasteiger partial charge >= 0.3 is 0 Å². The summed E-state index contributed by atoms with van der Waals surface area (Å²) in [6, 6.07) is 7.10. The molecule has 2 heterocycles. The van der Waals surface area contributed by atoms with E-state index in [4.69, 9.17) is 0 Å². The molecule has 0 atom stereocenters. The van der Waals surface area contributed by atoms with Gasteiger partial charge in [0.15, 0.2) is 10.9 Å². The maximum atomic E-state index is 12.3. The SMILES string of the molecule is CC(=O)c1cnc(NC(=O)c2cccc(Nc3cnn(C)c3)c2)s1. The molecular weight excluding hydrogens is 326 g/mol. The number of rotatable bonds is 5. The Bertz CT molecular complexity index is 899. The van der Waals surface area contributed by atoms with Crippen molar-refractivity contribution < 1.29 is 9.59 Å². The number of Topliss-reactive ketones (excluding diaryl/α,β-unsaturated/α-hetero) is 1. The first-order valence-electron chi connectivity index (χ1n) is 7.15. The van der Waals surface area contributed by atoms with E-state index < -0.39 is 0 Å². The summed E-state index contributed by atoms with van der Waals surface area (Å²) in [5.41, 5.74) is 2.10. The molecule has 8 heteroatoms. The molecule has 24 heavy (non-hydrogen) atoms. The molecule has 2 N–H and O–H groups in total. The third-order valence-corrected chi connectivity index (χ3v) is 4.21. The van der Waals surface area contributed by atoms with E-state index in [1.54, 1.807) is 29.1 Å². The van der Waals surface area contributed by atoms with Crippen LogP contribution in [0.15, 0.2) is 42.9 Å². The number of nitrogens with one attached hydrogen (secondary N) is 2. The van der Waals surface area contributed by atoms with Gasteiger partial charge in [-0.3, -0.25) is 19.6 Å². The Morgan fingerprint density at radius 1 is 1.21 bits per heavy atom. The first-order valence-corrected chi connectivity index (χ1v) is 7.97. The molecule has 0 radical (unpaired) electrons. The van der Waals surface area contributed by atoms with E-state index in [1.165, 1.54) is 13.1 Å². The van der Waals surface area contributed by atoms with Crippen LogP contribution in [0.1, 0.15) is 27.0 Å². The summed E-state index contributed by atoms with van der Waals surface area (Å²) >= 11 is 1.15. The van der Waals surface area contributed by atoms with Crippen LogP contribution in [0.4, 0.5) is 16.5 Å². The fraction of sp³-hybridized carbons (Fsp3) is 0.125. The van der Waals surface area contributed by atoms with Crippen LogP contribution in [-0.4, -0.2) is 26.5 Å². The van der Waals surface area contributed by atoms with Crippen LogP contribution in [0.2, 0.25) is 0 Å². The summed E-state index contributed by atoms with van der Waals surface area (Å²) in [6.07, 6.45) is 5.00. The van der Waals surface area contributed by atoms with Crippen molar-refractivity contribution in [3.05, 3.63) is 53.3 Å². The van der Waals surface area contributed by atoms with Gasteiger partial charge in [-0.25, -0.2) is 4.98 Å². The van der Waals surface area contributed by atoms with Gasteiger partial charge in [0.05, 0.1) is 23.0 Å². The second-order valence-corrected chi connectivity index (χ2v) is 6.18. The van der Waals surface area contributed by atoms with Gasteiger partial charge in [0.1, 0.15) is 0 Å². The average molecular weight is 341 g/mol. The molecule has 1 amide bonds. The van der Waals surface area contributed by atoms with Crippen LogP contribution >= 0.6 is 11.3 Å². The predicted molar refractivity (Wildman–Crippen MR) is 93.0 cm³/mol. The molecule has 2 aromatic heterocycles. The topological polar surface area (TPSA) is 88.9 Å². The Kier molecular flexibility index (Phi) is 4.39. The van der Waals surface area contributed by atoms with E-state index in [1.807, 2.05) is 19.3 Å². The molecule has 122 valence electrons. The lowest BCUT2D eigenvalue weighted by atomic mass is 10.2. The molecule has 0 saturated carbocycles. The summed E-state index contributed by atoms with van der Waals surface area (Å²) < 4.78 is 1.69. The molecule has 0 unspecified atom stereocenters. The number of hydrogen-bond donors (Lipinski definition) is 2. The fourth-order valence-corrected chi connectivity index (χ4v) is 2.76. The van der Waals surface area contributed by atoms with Crippen LogP contribution < -0.4 is 10.6 Å². The van der Waals surface area contributed by atoms with Crippen molar-refractivity contribution in [3.8, 4) is 0 Å². The highest BCUT2D eigenvalue weighted by molar-refractivity contribution is 7.17. The molecule has 0 aliphatic heterocycles. The average Bonchev–Trinajstić information content (AvgIpc) is 3.17. The maximum Gasteiger partial charge on any atom is 0.257 e. The zero-order valence-electron chi connectivity index (χ0n) is 13.1. The van der Waals surface area contributed by atoms with E-state index in [0.29, 0.717) is 15.6 Å². The standard InChI is InChI=1S/C16H15N5O2S/c1-10(22)14-8-17-16(24-14)20-15(23)11-4-3-5-12(6-11)19-13-7-18-21(2)9-13/h3-9,19H,1-2H3,(H,17,20,23). The van der Waals surface area contributed by atoms with E-state index >= 15 is 0 Å². The second-order valence-electron chi connectivity index (χ2n) is 5.15. The summed E-state index contributed by atoms with van der Waals surface area (Å²) in [4.78, 5) is 28.2. The number of benzene rings is 1. The zero-order chi connectivity index (χ0) is 17.1.